The molecule has 0 fully saturated rings. The molecule has 0 aromatic carbocycles. The molecule has 0 radical (unpaired) electrons. The van der Waals surface area contributed by atoms with Crippen molar-refractivity contribution in [2.45, 2.75) is 19.8 Å². The fraction of sp³-hybridized carbons (Fsp3) is 0.364. The fourth-order valence-electron chi connectivity index (χ4n) is 1.42. The maximum Gasteiger partial charge on any atom is 0.276 e. The van der Waals surface area contributed by atoms with E-state index in [1.807, 2.05) is 19.1 Å². The van der Waals surface area contributed by atoms with Crippen LogP contribution in [-0.2, 0) is 6.42 Å². The molecule has 0 atom stereocenters. The number of rotatable bonds is 4. The number of nitrogens with two attached hydrogens (primary N) is 1. The van der Waals surface area contributed by atoms with Crippen LogP contribution in [0.5, 0.6) is 0 Å². The molecule has 2 aromatic heterocycles. The summed E-state index contributed by atoms with van der Waals surface area (Å²) in [5.74, 6) is 1.16. The van der Waals surface area contributed by atoms with Gasteiger partial charge in [-0.25, -0.2) is 0 Å². The van der Waals surface area contributed by atoms with Gasteiger partial charge in [0, 0.05) is 12.6 Å². The number of aromatic nitrogens is 3. The molecular formula is C11H14N4O. The second-order valence-corrected chi connectivity index (χ2v) is 3.58. The van der Waals surface area contributed by atoms with E-state index in [2.05, 4.69) is 15.1 Å². The van der Waals surface area contributed by atoms with Crippen molar-refractivity contribution in [2.24, 2.45) is 5.73 Å². The van der Waals surface area contributed by atoms with Gasteiger partial charge in [-0.2, -0.15) is 4.98 Å². The molecule has 5 nitrogen and oxygen atoms in total. The summed E-state index contributed by atoms with van der Waals surface area (Å²) in [6, 6.07) is 3.84. The summed E-state index contributed by atoms with van der Waals surface area (Å²) in [7, 11) is 0. The average molecular weight is 218 g/mol. The summed E-state index contributed by atoms with van der Waals surface area (Å²) in [6.07, 6.45) is 3.32. The summed E-state index contributed by atoms with van der Waals surface area (Å²) in [6.45, 7) is 2.60. The van der Waals surface area contributed by atoms with Gasteiger partial charge in [0.1, 0.15) is 5.69 Å². The maximum absolute atomic E-state index is 5.42. The van der Waals surface area contributed by atoms with Gasteiger partial charge in [0.2, 0.25) is 0 Å². The second kappa shape index (κ2) is 4.85. The summed E-state index contributed by atoms with van der Waals surface area (Å²) < 4.78 is 5.16. The van der Waals surface area contributed by atoms with E-state index in [0.29, 0.717) is 18.3 Å². The molecule has 0 amide bonds. The van der Waals surface area contributed by atoms with E-state index in [4.69, 9.17) is 10.3 Å². The van der Waals surface area contributed by atoms with E-state index in [1.165, 1.54) is 0 Å². The van der Waals surface area contributed by atoms with Crippen LogP contribution in [0.15, 0.2) is 22.9 Å². The van der Waals surface area contributed by atoms with E-state index >= 15 is 0 Å². The Kier molecular flexibility index (Phi) is 3.26. The molecule has 2 rings (SSSR count). The lowest BCUT2D eigenvalue weighted by Crippen LogP contribution is -2.01. The van der Waals surface area contributed by atoms with Gasteiger partial charge >= 0.3 is 0 Å². The Hall–Kier alpha value is -1.75. The molecule has 2 heterocycles. The zero-order valence-corrected chi connectivity index (χ0v) is 9.18. The standard InChI is InChI=1S/C11H14N4O/c1-8-4-3-7-13-10(8)11-14-9(15-16-11)5-2-6-12/h3-4,7H,2,5-6,12H2,1H3. The maximum atomic E-state index is 5.42. The van der Waals surface area contributed by atoms with Crippen LogP contribution in [0.4, 0.5) is 0 Å². The Morgan fingerprint density at radius 2 is 2.31 bits per heavy atom. The minimum atomic E-state index is 0.477. The Morgan fingerprint density at radius 1 is 1.44 bits per heavy atom. The van der Waals surface area contributed by atoms with E-state index < -0.39 is 0 Å². The minimum Gasteiger partial charge on any atom is -0.332 e. The van der Waals surface area contributed by atoms with Gasteiger partial charge in [-0.1, -0.05) is 11.2 Å². The van der Waals surface area contributed by atoms with Crippen molar-refractivity contribution in [3.05, 3.63) is 29.7 Å². The van der Waals surface area contributed by atoms with Crippen LogP contribution in [0.2, 0.25) is 0 Å². The first-order chi connectivity index (χ1) is 7.81. The summed E-state index contributed by atoms with van der Waals surface area (Å²) in [5, 5.41) is 3.89. The van der Waals surface area contributed by atoms with Crippen LogP contribution in [0.25, 0.3) is 11.6 Å². The van der Waals surface area contributed by atoms with Gasteiger partial charge in [0.25, 0.3) is 5.89 Å². The largest absolute Gasteiger partial charge is 0.332 e. The number of hydrogen-bond acceptors (Lipinski definition) is 5. The van der Waals surface area contributed by atoms with Crippen LogP contribution in [0, 0.1) is 6.92 Å². The lowest BCUT2D eigenvalue weighted by Gasteiger charge is -1.96. The molecule has 0 aliphatic carbocycles. The molecule has 0 unspecified atom stereocenters. The summed E-state index contributed by atoms with van der Waals surface area (Å²) in [5.41, 5.74) is 7.19. The molecule has 0 aliphatic rings. The van der Waals surface area contributed by atoms with E-state index in [0.717, 1.165) is 24.1 Å². The molecule has 0 saturated carbocycles. The third-order valence-corrected chi connectivity index (χ3v) is 2.28. The average Bonchev–Trinajstić information content (AvgIpc) is 2.75. The van der Waals surface area contributed by atoms with Gasteiger partial charge in [-0.3, -0.25) is 4.98 Å². The van der Waals surface area contributed by atoms with Crippen molar-refractivity contribution >= 4 is 0 Å². The number of nitrogens with zero attached hydrogens (tertiary/aromatic N) is 3. The molecule has 84 valence electrons. The first kappa shape index (κ1) is 10.8. The number of pyridine rings is 1. The zero-order valence-electron chi connectivity index (χ0n) is 9.18. The van der Waals surface area contributed by atoms with E-state index in [1.54, 1.807) is 6.20 Å². The molecule has 2 aromatic rings. The molecule has 16 heavy (non-hydrogen) atoms. The third-order valence-electron chi connectivity index (χ3n) is 2.28. The highest BCUT2D eigenvalue weighted by atomic mass is 16.5. The SMILES string of the molecule is Cc1cccnc1-c1nc(CCCN)no1. The molecule has 0 aliphatic heterocycles. The third kappa shape index (κ3) is 2.25. The van der Waals surface area contributed by atoms with Crippen molar-refractivity contribution in [1.82, 2.24) is 15.1 Å². The molecule has 2 N–H and O–H groups in total. The predicted octanol–water partition coefficient (Wildman–Crippen LogP) is 1.33. The highest BCUT2D eigenvalue weighted by molar-refractivity contribution is 5.51. The lowest BCUT2D eigenvalue weighted by molar-refractivity contribution is 0.420. The van der Waals surface area contributed by atoms with Crippen LogP contribution in [-0.4, -0.2) is 21.7 Å². The van der Waals surface area contributed by atoms with Crippen molar-refractivity contribution in [3.63, 3.8) is 0 Å². The lowest BCUT2D eigenvalue weighted by atomic mass is 10.2. The zero-order chi connectivity index (χ0) is 11.4. The molecule has 0 saturated heterocycles. The van der Waals surface area contributed by atoms with Gasteiger partial charge < -0.3 is 10.3 Å². The Labute approximate surface area is 93.7 Å². The smallest absolute Gasteiger partial charge is 0.276 e. The quantitative estimate of drug-likeness (QED) is 0.837. The summed E-state index contributed by atoms with van der Waals surface area (Å²) in [4.78, 5) is 8.50. The summed E-state index contributed by atoms with van der Waals surface area (Å²) >= 11 is 0. The highest BCUT2D eigenvalue weighted by Crippen LogP contribution is 2.18. The number of aryl methyl sites for hydroxylation is 2. The predicted molar refractivity (Wildman–Crippen MR) is 59.6 cm³/mol. The van der Waals surface area contributed by atoms with Gasteiger partial charge in [-0.05, 0) is 31.5 Å². The van der Waals surface area contributed by atoms with Crippen LogP contribution in [0.3, 0.4) is 0 Å². The van der Waals surface area contributed by atoms with Crippen LogP contribution < -0.4 is 5.73 Å². The van der Waals surface area contributed by atoms with E-state index in [-0.39, 0.29) is 0 Å². The van der Waals surface area contributed by atoms with E-state index in [9.17, 15) is 0 Å². The first-order valence-electron chi connectivity index (χ1n) is 5.26. The van der Waals surface area contributed by atoms with Crippen molar-refractivity contribution < 1.29 is 4.52 Å². The normalized spacial score (nSPS) is 10.6. The molecule has 5 heteroatoms. The highest BCUT2D eigenvalue weighted by Gasteiger charge is 2.11. The Balaban J connectivity index is 2.22. The van der Waals surface area contributed by atoms with Crippen molar-refractivity contribution in [2.75, 3.05) is 6.54 Å². The van der Waals surface area contributed by atoms with Crippen molar-refractivity contribution in [3.8, 4) is 11.6 Å². The van der Waals surface area contributed by atoms with Gasteiger partial charge in [0.05, 0.1) is 0 Å². The molecule has 0 spiro atoms. The topological polar surface area (TPSA) is 77.8 Å². The van der Waals surface area contributed by atoms with Gasteiger partial charge in [-0.15, -0.1) is 0 Å². The minimum absolute atomic E-state index is 0.477. The van der Waals surface area contributed by atoms with Crippen LogP contribution >= 0.6 is 0 Å². The molecule has 0 bridgehead atoms. The molecular weight excluding hydrogens is 204 g/mol. The second-order valence-electron chi connectivity index (χ2n) is 3.58. The van der Waals surface area contributed by atoms with Gasteiger partial charge in [0.15, 0.2) is 5.82 Å². The Morgan fingerprint density at radius 3 is 3.06 bits per heavy atom. The number of hydrogen-bond donors (Lipinski definition) is 1. The van der Waals surface area contributed by atoms with Crippen molar-refractivity contribution in [1.29, 1.82) is 0 Å². The fourth-order valence-corrected chi connectivity index (χ4v) is 1.42. The van der Waals surface area contributed by atoms with Crippen LogP contribution in [0.1, 0.15) is 17.8 Å². The monoisotopic (exact) mass is 218 g/mol. The first-order valence-corrected chi connectivity index (χ1v) is 5.26. The Bertz CT molecular complexity index is 467.